The summed E-state index contributed by atoms with van der Waals surface area (Å²) in [5.74, 6) is -0.923. The van der Waals surface area contributed by atoms with Crippen LogP contribution in [0.1, 0.15) is 6.92 Å². The van der Waals surface area contributed by atoms with Crippen molar-refractivity contribution in [2.75, 3.05) is 19.0 Å². The number of carbonyl (C=O) groups is 2. The van der Waals surface area contributed by atoms with E-state index in [9.17, 15) is 14.4 Å². The maximum Gasteiger partial charge on any atom is 0.328 e. The molecular weight excluding hydrogens is 248 g/mol. The molecular formula is C13H16N2O4. The molecule has 2 N–H and O–H groups in total. The maximum atomic E-state index is 11.6. The summed E-state index contributed by atoms with van der Waals surface area (Å²) in [6.07, 6.45) is 0. The van der Waals surface area contributed by atoms with E-state index in [2.05, 4.69) is 15.4 Å². The van der Waals surface area contributed by atoms with E-state index >= 15 is 0 Å². The second kappa shape index (κ2) is 7.15. The van der Waals surface area contributed by atoms with Gasteiger partial charge in [0.2, 0.25) is 11.3 Å². The van der Waals surface area contributed by atoms with E-state index in [1.54, 1.807) is 24.3 Å². The molecule has 0 spiro atoms. The van der Waals surface area contributed by atoms with Gasteiger partial charge in [-0.3, -0.25) is 9.59 Å². The zero-order chi connectivity index (χ0) is 14.3. The van der Waals surface area contributed by atoms with Gasteiger partial charge < -0.3 is 15.4 Å². The van der Waals surface area contributed by atoms with Crippen molar-refractivity contribution >= 4 is 17.6 Å². The van der Waals surface area contributed by atoms with Crippen LogP contribution in [0.15, 0.2) is 35.1 Å². The molecule has 1 amide bonds. The number of hydrogen-bond donors (Lipinski definition) is 2. The summed E-state index contributed by atoms with van der Waals surface area (Å²) in [5.41, 5.74) is 0.115. The summed E-state index contributed by atoms with van der Waals surface area (Å²) >= 11 is 0. The molecule has 0 aromatic heterocycles. The van der Waals surface area contributed by atoms with Gasteiger partial charge >= 0.3 is 5.97 Å². The Bertz CT molecular complexity index is 516. The lowest BCUT2D eigenvalue weighted by Gasteiger charge is -2.11. The third-order valence-corrected chi connectivity index (χ3v) is 2.37. The van der Waals surface area contributed by atoms with E-state index in [1.165, 1.54) is 20.1 Å². The van der Waals surface area contributed by atoms with Gasteiger partial charge in [0.1, 0.15) is 6.04 Å². The fraction of sp³-hybridized carbons (Fsp3) is 0.308. The van der Waals surface area contributed by atoms with Crippen LogP contribution in [0.25, 0.3) is 0 Å². The van der Waals surface area contributed by atoms with Crippen LogP contribution in [0.5, 0.6) is 0 Å². The lowest BCUT2D eigenvalue weighted by molar-refractivity contribution is -0.144. The van der Waals surface area contributed by atoms with Crippen LogP contribution in [-0.4, -0.2) is 31.6 Å². The van der Waals surface area contributed by atoms with Crippen LogP contribution < -0.4 is 16.1 Å². The van der Waals surface area contributed by atoms with Crippen LogP contribution in [0.4, 0.5) is 5.69 Å². The second-order valence-electron chi connectivity index (χ2n) is 3.85. The van der Waals surface area contributed by atoms with Gasteiger partial charge in [-0.25, -0.2) is 4.79 Å². The van der Waals surface area contributed by atoms with Crippen molar-refractivity contribution in [2.24, 2.45) is 0 Å². The fourth-order valence-electron chi connectivity index (χ4n) is 1.38. The first kappa shape index (κ1) is 14.7. The first-order valence-electron chi connectivity index (χ1n) is 5.75. The molecule has 102 valence electrons. The first-order chi connectivity index (χ1) is 9.04. The number of hydrogen-bond acceptors (Lipinski definition) is 5. The van der Waals surface area contributed by atoms with E-state index in [0.29, 0.717) is 5.69 Å². The zero-order valence-corrected chi connectivity index (χ0v) is 10.8. The molecule has 19 heavy (non-hydrogen) atoms. The maximum absolute atomic E-state index is 11.6. The first-order valence-corrected chi connectivity index (χ1v) is 5.75. The molecule has 6 nitrogen and oxygen atoms in total. The van der Waals surface area contributed by atoms with Crippen molar-refractivity contribution in [1.82, 2.24) is 5.32 Å². The molecule has 1 atom stereocenters. The second-order valence-corrected chi connectivity index (χ2v) is 3.85. The number of methoxy groups -OCH3 is 1. The number of ether oxygens (including phenoxy) is 1. The van der Waals surface area contributed by atoms with Gasteiger partial charge in [0.05, 0.1) is 19.3 Å². The van der Waals surface area contributed by atoms with Crippen LogP contribution in [0.3, 0.4) is 0 Å². The van der Waals surface area contributed by atoms with Gasteiger partial charge in [-0.1, -0.05) is 18.2 Å². The average molecular weight is 264 g/mol. The van der Waals surface area contributed by atoms with Gasteiger partial charge in [-0.15, -0.1) is 0 Å². The van der Waals surface area contributed by atoms with Crippen molar-refractivity contribution in [3.63, 3.8) is 0 Å². The highest BCUT2D eigenvalue weighted by atomic mass is 16.5. The average Bonchev–Trinajstić information content (AvgIpc) is 2.60. The number of rotatable bonds is 5. The molecule has 0 aliphatic carbocycles. The predicted octanol–water partition coefficient (Wildman–Crippen LogP) is 0.136. The van der Waals surface area contributed by atoms with E-state index in [1.807, 2.05) is 0 Å². The highest BCUT2D eigenvalue weighted by molar-refractivity contribution is 5.86. The van der Waals surface area contributed by atoms with Gasteiger partial charge in [-0.05, 0) is 19.1 Å². The molecule has 0 saturated heterocycles. The van der Waals surface area contributed by atoms with Crippen LogP contribution in [-0.2, 0) is 14.3 Å². The molecule has 0 aliphatic rings. The quantitative estimate of drug-likeness (QED) is 0.739. The van der Waals surface area contributed by atoms with Crippen molar-refractivity contribution < 1.29 is 14.3 Å². The fourth-order valence-corrected chi connectivity index (χ4v) is 1.38. The number of anilines is 1. The molecule has 0 bridgehead atoms. The molecule has 1 aromatic rings. The van der Waals surface area contributed by atoms with Gasteiger partial charge in [0.15, 0.2) is 0 Å². The molecule has 0 fully saturated rings. The summed E-state index contributed by atoms with van der Waals surface area (Å²) in [7, 11) is 1.25. The molecule has 0 unspecified atom stereocenters. The molecule has 1 rings (SSSR count). The molecule has 0 saturated carbocycles. The normalized spacial score (nSPS) is 11.3. The van der Waals surface area contributed by atoms with Crippen LogP contribution >= 0.6 is 0 Å². The zero-order valence-electron chi connectivity index (χ0n) is 10.8. The topological polar surface area (TPSA) is 84.5 Å². The van der Waals surface area contributed by atoms with Gasteiger partial charge in [-0.2, -0.15) is 0 Å². The predicted molar refractivity (Wildman–Crippen MR) is 70.8 cm³/mol. The lowest BCUT2D eigenvalue weighted by atomic mass is 10.3. The molecule has 0 radical (unpaired) electrons. The third kappa shape index (κ3) is 4.79. The SMILES string of the molecule is COC(=O)[C@H](C)NC(=O)CNc1cccccc1=O. The van der Waals surface area contributed by atoms with E-state index in [4.69, 9.17) is 0 Å². The summed E-state index contributed by atoms with van der Waals surface area (Å²) in [4.78, 5) is 34.2. The number of carbonyl (C=O) groups excluding carboxylic acids is 2. The minimum atomic E-state index is -0.724. The van der Waals surface area contributed by atoms with Crippen LogP contribution in [0, 0.1) is 0 Å². The summed E-state index contributed by atoms with van der Waals surface area (Å²) in [6.45, 7) is 1.42. The third-order valence-electron chi connectivity index (χ3n) is 2.37. The Morgan fingerprint density at radius 2 is 1.95 bits per heavy atom. The molecule has 0 heterocycles. The number of amides is 1. The Hall–Kier alpha value is -2.37. The van der Waals surface area contributed by atoms with Crippen molar-refractivity contribution in [3.8, 4) is 0 Å². The van der Waals surface area contributed by atoms with Crippen molar-refractivity contribution in [1.29, 1.82) is 0 Å². The summed E-state index contributed by atoms with van der Waals surface area (Å²) in [6, 6.07) is 7.28. The largest absolute Gasteiger partial charge is 0.467 e. The molecule has 1 aromatic carbocycles. The Morgan fingerprint density at radius 3 is 2.63 bits per heavy atom. The van der Waals surface area contributed by atoms with Crippen molar-refractivity contribution in [2.45, 2.75) is 13.0 Å². The molecule has 0 aliphatic heterocycles. The summed E-state index contributed by atoms with van der Waals surface area (Å²) in [5, 5.41) is 5.17. The Labute approximate surface area is 110 Å². The van der Waals surface area contributed by atoms with E-state index in [0.717, 1.165) is 0 Å². The Balaban J connectivity index is 2.54. The minimum absolute atomic E-state index is 0.0966. The summed E-state index contributed by atoms with van der Waals surface area (Å²) < 4.78 is 4.48. The lowest BCUT2D eigenvalue weighted by Crippen LogP contribution is -2.42. The van der Waals surface area contributed by atoms with Gasteiger partial charge in [0.25, 0.3) is 0 Å². The highest BCUT2D eigenvalue weighted by Gasteiger charge is 2.15. The highest BCUT2D eigenvalue weighted by Crippen LogP contribution is 1.96. The standard InChI is InChI=1S/C13H16N2O4/c1-9(13(18)19-2)15-12(17)8-14-10-6-4-3-5-7-11(10)16/h3-7,9H,8H2,1-2H3,(H,14,16)(H,15,17)/t9-/m0/s1. The Kier molecular flexibility index (Phi) is 5.53. The van der Waals surface area contributed by atoms with Crippen LogP contribution in [0.2, 0.25) is 0 Å². The number of esters is 1. The number of nitrogens with one attached hydrogen (secondary N) is 2. The van der Waals surface area contributed by atoms with Crippen molar-refractivity contribution in [3.05, 3.63) is 40.6 Å². The van der Waals surface area contributed by atoms with E-state index < -0.39 is 17.9 Å². The Morgan fingerprint density at radius 1 is 1.26 bits per heavy atom. The smallest absolute Gasteiger partial charge is 0.328 e. The monoisotopic (exact) mass is 264 g/mol. The molecule has 6 heteroatoms. The van der Waals surface area contributed by atoms with E-state index in [-0.39, 0.29) is 12.0 Å². The van der Waals surface area contributed by atoms with Gasteiger partial charge in [0, 0.05) is 0 Å². The minimum Gasteiger partial charge on any atom is -0.467 e.